The molecule has 1 aliphatic heterocycles. The van der Waals surface area contributed by atoms with E-state index in [0.29, 0.717) is 6.04 Å². The summed E-state index contributed by atoms with van der Waals surface area (Å²) in [5.41, 5.74) is 0. The zero-order valence-electron chi connectivity index (χ0n) is 6.87. The Labute approximate surface area is 68.2 Å². The maximum absolute atomic E-state index is 4.42. The van der Waals surface area contributed by atoms with Crippen molar-refractivity contribution < 1.29 is 0 Å². The van der Waals surface area contributed by atoms with Gasteiger partial charge in [0.05, 0.1) is 6.04 Å². The number of aliphatic imine (C=N–C) groups is 1. The fraction of sp³-hybridized carbons (Fsp3) is 0.700. The highest BCUT2D eigenvalue weighted by molar-refractivity contribution is 5.74. The first kappa shape index (κ1) is 7.08. The second-order valence-electron chi connectivity index (χ2n) is 3.57. The van der Waals surface area contributed by atoms with Crippen LogP contribution in [-0.2, 0) is 0 Å². The zero-order chi connectivity index (χ0) is 7.52. The van der Waals surface area contributed by atoms with Gasteiger partial charge < -0.3 is 0 Å². The van der Waals surface area contributed by atoms with E-state index in [9.17, 15) is 0 Å². The van der Waals surface area contributed by atoms with E-state index in [0.717, 1.165) is 5.92 Å². The number of hydrogen-bond acceptors (Lipinski definition) is 1. The highest BCUT2D eigenvalue weighted by atomic mass is 14.8. The minimum atomic E-state index is 0.537. The Kier molecular flexibility index (Phi) is 2.06. The molecule has 1 aliphatic carbocycles. The minimum Gasteiger partial charge on any atom is -0.285 e. The van der Waals surface area contributed by atoms with Gasteiger partial charge in [0, 0.05) is 6.21 Å². The van der Waals surface area contributed by atoms with Gasteiger partial charge in [0.25, 0.3) is 0 Å². The van der Waals surface area contributed by atoms with E-state index in [2.05, 4.69) is 17.1 Å². The first-order chi connectivity index (χ1) is 5.47. The van der Waals surface area contributed by atoms with E-state index in [4.69, 9.17) is 0 Å². The van der Waals surface area contributed by atoms with E-state index in [1.165, 1.54) is 32.1 Å². The Morgan fingerprint density at radius 1 is 1.09 bits per heavy atom. The van der Waals surface area contributed by atoms with Gasteiger partial charge in [-0.15, -0.1) is 0 Å². The van der Waals surface area contributed by atoms with Crippen molar-refractivity contribution in [2.24, 2.45) is 10.9 Å². The third-order valence-electron chi connectivity index (χ3n) is 2.79. The fourth-order valence-electron chi connectivity index (χ4n) is 2.12. The van der Waals surface area contributed by atoms with E-state index in [-0.39, 0.29) is 0 Å². The molecule has 2 aliphatic rings. The Morgan fingerprint density at radius 2 is 1.91 bits per heavy atom. The molecule has 1 heterocycles. The van der Waals surface area contributed by atoms with Gasteiger partial charge in [0.2, 0.25) is 0 Å². The van der Waals surface area contributed by atoms with Crippen LogP contribution in [0, 0.1) is 5.92 Å². The molecule has 1 unspecified atom stereocenters. The molecule has 0 amide bonds. The highest BCUT2D eigenvalue weighted by Gasteiger charge is 2.21. The summed E-state index contributed by atoms with van der Waals surface area (Å²) in [4.78, 5) is 4.42. The molecule has 1 heteroatoms. The lowest BCUT2D eigenvalue weighted by atomic mass is 9.84. The lowest BCUT2D eigenvalue weighted by Crippen LogP contribution is -2.17. The average molecular weight is 149 g/mol. The third-order valence-corrected chi connectivity index (χ3v) is 2.79. The van der Waals surface area contributed by atoms with Crippen molar-refractivity contribution in [1.82, 2.24) is 0 Å². The van der Waals surface area contributed by atoms with Gasteiger partial charge in [-0.3, -0.25) is 4.99 Å². The molecule has 60 valence electrons. The quantitative estimate of drug-likeness (QED) is 0.543. The molecule has 0 aromatic carbocycles. The van der Waals surface area contributed by atoms with Gasteiger partial charge >= 0.3 is 0 Å². The van der Waals surface area contributed by atoms with Crippen molar-refractivity contribution in [3.05, 3.63) is 12.2 Å². The molecule has 0 N–H and O–H groups in total. The van der Waals surface area contributed by atoms with Gasteiger partial charge in [-0.1, -0.05) is 25.3 Å². The monoisotopic (exact) mass is 149 g/mol. The summed E-state index contributed by atoms with van der Waals surface area (Å²) in [5.74, 6) is 0.860. The lowest BCUT2D eigenvalue weighted by Gasteiger charge is -2.24. The predicted octanol–water partition coefficient (Wildman–Crippen LogP) is 2.58. The number of nitrogens with zero attached hydrogens (tertiary/aromatic N) is 1. The Hall–Kier alpha value is -0.590. The van der Waals surface area contributed by atoms with Crippen LogP contribution < -0.4 is 0 Å². The van der Waals surface area contributed by atoms with Gasteiger partial charge in [-0.05, 0) is 24.8 Å². The van der Waals surface area contributed by atoms with Crippen LogP contribution in [0.25, 0.3) is 0 Å². The van der Waals surface area contributed by atoms with Crippen molar-refractivity contribution in [2.45, 2.75) is 38.1 Å². The van der Waals surface area contributed by atoms with Crippen molar-refractivity contribution >= 4 is 6.21 Å². The molecule has 11 heavy (non-hydrogen) atoms. The van der Waals surface area contributed by atoms with Crippen molar-refractivity contribution in [3.63, 3.8) is 0 Å². The topological polar surface area (TPSA) is 12.4 Å². The SMILES string of the molecule is C1=CC(C2CCCCC2)N=C1. The molecule has 0 aromatic rings. The van der Waals surface area contributed by atoms with Crippen LogP contribution in [0.4, 0.5) is 0 Å². The van der Waals surface area contributed by atoms with E-state index < -0.39 is 0 Å². The summed E-state index contributed by atoms with van der Waals surface area (Å²) in [6, 6.07) is 0.537. The number of allylic oxidation sites excluding steroid dienone is 1. The van der Waals surface area contributed by atoms with Crippen LogP contribution in [0.5, 0.6) is 0 Å². The smallest absolute Gasteiger partial charge is 0.0711 e. The maximum atomic E-state index is 4.42. The van der Waals surface area contributed by atoms with Crippen LogP contribution in [0.1, 0.15) is 32.1 Å². The molecule has 0 bridgehead atoms. The molecule has 2 rings (SSSR count). The van der Waals surface area contributed by atoms with Crippen LogP contribution in [0.15, 0.2) is 17.1 Å². The molecular formula is C10H15N. The van der Waals surface area contributed by atoms with E-state index in [1.807, 2.05) is 6.21 Å². The van der Waals surface area contributed by atoms with Crippen LogP contribution in [0.3, 0.4) is 0 Å². The number of rotatable bonds is 1. The first-order valence-corrected chi connectivity index (χ1v) is 4.67. The third kappa shape index (κ3) is 1.52. The van der Waals surface area contributed by atoms with Crippen molar-refractivity contribution in [2.75, 3.05) is 0 Å². The molecule has 0 aromatic heterocycles. The normalized spacial score (nSPS) is 31.5. The maximum Gasteiger partial charge on any atom is 0.0711 e. The highest BCUT2D eigenvalue weighted by Crippen LogP contribution is 2.29. The Morgan fingerprint density at radius 3 is 2.55 bits per heavy atom. The van der Waals surface area contributed by atoms with Gasteiger partial charge in [-0.2, -0.15) is 0 Å². The number of hydrogen-bond donors (Lipinski definition) is 0. The summed E-state index contributed by atoms with van der Waals surface area (Å²) < 4.78 is 0. The van der Waals surface area contributed by atoms with E-state index >= 15 is 0 Å². The molecule has 1 nitrogen and oxygen atoms in total. The Balaban J connectivity index is 1.92. The van der Waals surface area contributed by atoms with Gasteiger partial charge in [-0.25, -0.2) is 0 Å². The molecule has 0 radical (unpaired) electrons. The van der Waals surface area contributed by atoms with Crippen LogP contribution in [0.2, 0.25) is 0 Å². The van der Waals surface area contributed by atoms with Crippen molar-refractivity contribution in [1.29, 1.82) is 0 Å². The van der Waals surface area contributed by atoms with Crippen LogP contribution >= 0.6 is 0 Å². The second-order valence-corrected chi connectivity index (χ2v) is 3.57. The fourth-order valence-corrected chi connectivity index (χ4v) is 2.12. The van der Waals surface area contributed by atoms with Crippen molar-refractivity contribution in [3.8, 4) is 0 Å². The average Bonchev–Trinajstić information content (AvgIpc) is 2.58. The molecule has 1 atom stereocenters. The van der Waals surface area contributed by atoms with Gasteiger partial charge in [0.1, 0.15) is 0 Å². The standard InChI is InChI=1S/C10H15N/c1-2-5-9(6-3-1)10-7-4-8-11-10/h4,7-10H,1-3,5-6H2. The molecule has 0 spiro atoms. The summed E-state index contributed by atoms with van der Waals surface area (Å²) in [5, 5.41) is 0. The largest absolute Gasteiger partial charge is 0.285 e. The summed E-state index contributed by atoms with van der Waals surface area (Å²) >= 11 is 0. The van der Waals surface area contributed by atoms with Crippen LogP contribution in [-0.4, -0.2) is 12.3 Å². The molecular weight excluding hydrogens is 134 g/mol. The molecule has 1 fully saturated rings. The zero-order valence-corrected chi connectivity index (χ0v) is 6.87. The first-order valence-electron chi connectivity index (χ1n) is 4.67. The summed E-state index contributed by atoms with van der Waals surface area (Å²) in [7, 11) is 0. The van der Waals surface area contributed by atoms with E-state index in [1.54, 1.807) is 0 Å². The summed E-state index contributed by atoms with van der Waals surface area (Å²) in [6.07, 6.45) is 13.3. The Bertz CT molecular complexity index is 163. The summed E-state index contributed by atoms with van der Waals surface area (Å²) in [6.45, 7) is 0. The second kappa shape index (κ2) is 3.21. The molecule has 0 saturated heterocycles. The molecule has 1 saturated carbocycles. The van der Waals surface area contributed by atoms with Gasteiger partial charge in [0.15, 0.2) is 0 Å². The predicted molar refractivity (Wildman–Crippen MR) is 48.0 cm³/mol. The minimum absolute atomic E-state index is 0.537. The lowest BCUT2D eigenvalue weighted by molar-refractivity contribution is 0.335.